The second-order valence-electron chi connectivity index (χ2n) is 8.41. The lowest BCUT2D eigenvalue weighted by molar-refractivity contribution is 0.0913. The quantitative estimate of drug-likeness (QED) is 0.284. The van der Waals surface area contributed by atoms with Gasteiger partial charge in [0.05, 0.1) is 41.6 Å². The molecule has 0 radical (unpaired) electrons. The molecule has 1 amide bonds. The predicted octanol–water partition coefficient (Wildman–Crippen LogP) is 5.43. The smallest absolute Gasteiger partial charge is 0.287 e. The molecule has 0 aliphatic heterocycles. The molecule has 0 aliphatic carbocycles. The standard InChI is InChI=1S/C30H31NO7/c1-33-21-10-6-19(7-11-21)29(20-8-12-22(34-2)13-9-20)31-30(32)26-15-14-23(38-26)16-25-27(36-4)17-24(35-3)18-28(25)37-5/h6-15,17-18,29H,16H2,1-5H3,(H,31,32). The van der Waals surface area contributed by atoms with Crippen molar-refractivity contribution in [1.29, 1.82) is 0 Å². The fraction of sp³-hybridized carbons (Fsp3) is 0.233. The Morgan fingerprint density at radius 2 is 1.18 bits per heavy atom. The van der Waals surface area contributed by atoms with E-state index in [1.54, 1.807) is 59.8 Å². The fourth-order valence-corrected chi connectivity index (χ4v) is 4.18. The van der Waals surface area contributed by atoms with Gasteiger partial charge in [-0.25, -0.2) is 0 Å². The van der Waals surface area contributed by atoms with Crippen LogP contribution in [0.3, 0.4) is 0 Å². The highest BCUT2D eigenvalue weighted by atomic mass is 16.5. The van der Waals surface area contributed by atoms with E-state index >= 15 is 0 Å². The molecule has 1 heterocycles. The van der Waals surface area contributed by atoms with Gasteiger partial charge in [-0.05, 0) is 47.5 Å². The Bertz CT molecular complexity index is 1290. The highest BCUT2D eigenvalue weighted by Gasteiger charge is 2.22. The van der Waals surface area contributed by atoms with Crippen LogP contribution in [-0.2, 0) is 6.42 Å². The Hall–Kier alpha value is -4.59. The molecule has 8 nitrogen and oxygen atoms in total. The second-order valence-corrected chi connectivity index (χ2v) is 8.41. The summed E-state index contributed by atoms with van der Waals surface area (Å²) in [5.74, 6) is 3.71. The molecule has 0 bridgehead atoms. The zero-order valence-corrected chi connectivity index (χ0v) is 22.1. The maximum atomic E-state index is 13.3. The first kappa shape index (κ1) is 26.5. The lowest BCUT2D eigenvalue weighted by Crippen LogP contribution is -2.29. The summed E-state index contributed by atoms with van der Waals surface area (Å²) in [6, 6.07) is 21.7. The summed E-state index contributed by atoms with van der Waals surface area (Å²) >= 11 is 0. The first-order chi connectivity index (χ1) is 18.5. The molecule has 0 aliphatic rings. The van der Waals surface area contributed by atoms with E-state index in [9.17, 15) is 4.79 Å². The summed E-state index contributed by atoms with van der Waals surface area (Å²) in [6.45, 7) is 0. The first-order valence-corrected chi connectivity index (χ1v) is 12.0. The number of hydrogen-bond acceptors (Lipinski definition) is 7. The van der Waals surface area contributed by atoms with Gasteiger partial charge in [0.1, 0.15) is 34.5 Å². The van der Waals surface area contributed by atoms with Gasteiger partial charge in [0, 0.05) is 24.1 Å². The van der Waals surface area contributed by atoms with Gasteiger partial charge >= 0.3 is 0 Å². The van der Waals surface area contributed by atoms with Crippen LogP contribution in [0.25, 0.3) is 0 Å². The van der Waals surface area contributed by atoms with Crippen molar-refractivity contribution < 1.29 is 32.9 Å². The van der Waals surface area contributed by atoms with E-state index in [0.29, 0.717) is 29.4 Å². The summed E-state index contributed by atoms with van der Waals surface area (Å²) in [5, 5.41) is 3.10. The lowest BCUT2D eigenvalue weighted by atomic mass is 9.98. The number of carbonyl (C=O) groups is 1. The predicted molar refractivity (Wildman–Crippen MR) is 143 cm³/mol. The molecule has 0 saturated heterocycles. The Kier molecular flexibility index (Phi) is 8.43. The van der Waals surface area contributed by atoms with E-state index in [2.05, 4.69) is 5.32 Å². The molecular formula is C30H31NO7. The summed E-state index contributed by atoms with van der Waals surface area (Å²) in [4.78, 5) is 13.3. The normalized spacial score (nSPS) is 10.7. The SMILES string of the molecule is COc1ccc(C(NC(=O)c2ccc(Cc3c(OC)cc(OC)cc3OC)o2)c2ccc(OC)cc2)cc1. The van der Waals surface area contributed by atoms with E-state index in [0.717, 1.165) is 28.2 Å². The number of benzene rings is 3. The van der Waals surface area contributed by atoms with Crippen LogP contribution >= 0.6 is 0 Å². The van der Waals surface area contributed by atoms with Gasteiger partial charge < -0.3 is 33.4 Å². The number of methoxy groups -OCH3 is 5. The summed E-state index contributed by atoms with van der Waals surface area (Å²) in [7, 11) is 7.97. The van der Waals surface area contributed by atoms with Crippen LogP contribution < -0.4 is 29.0 Å². The number of ether oxygens (including phenoxy) is 5. The van der Waals surface area contributed by atoms with E-state index < -0.39 is 6.04 Å². The zero-order valence-electron chi connectivity index (χ0n) is 22.1. The molecule has 1 N–H and O–H groups in total. The first-order valence-electron chi connectivity index (χ1n) is 12.0. The van der Waals surface area contributed by atoms with Crippen LogP contribution in [0.15, 0.2) is 77.2 Å². The van der Waals surface area contributed by atoms with Crippen molar-refractivity contribution in [3.63, 3.8) is 0 Å². The van der Waals surface area contributed by atoms with Gasteiger partial charge in [-0.1, -0.05) is 24.3 Å². The molecule has 0 atom stereocenters. The van der Waals surface area contributed by atoms with E-state index in [-0.39, 0.29) is 11.7 Å². The van der Waals surface area contributed by atoms with Crippen molar-refractivity contribution in [3.8, 4) is 28.7 Å². The maximum absolute atomic E-state index is 13.3. The molecule has 0 fully saturated rings. The minimum absolute atomic E-state index is 0.193. The van der Waals surface area contributed by atoms with Crippen LogP contribution in [0.4, 0.5) is 0 Å². The van der Waals surface area contributed by atoms with Gasteiger partial charge in [-0.2, -0.15) is 0 Å². The molecular weight excluding hydrogens is 486 g/mol. The Morgan fingerprint density at radius 3 is 1.63 bits per heavy atom. The number of hydrogen-bond donors (Lipinski definition) is 1. The minimum atomic E-state index is -0.422. The average molecular weight is 518 g/mol. The van der Waals surface area contributed by atoms with Crippen molar-refractivity contribution in [2.75, 3.05) is 35.5 Å². The van der Waals surface area contributed by atoms with Crippen molar-refractivity contribution >= 4 is 5.91 Å². The molecule has 0 spiro atoms. The summed E-state index contributed by atoms with van der Waals surface area (Å²) < 4.78 is 32.9. The molecule has 8 heteroatoms. The van der Waals surface area contributed by atoms with Gasteiger partial charge in [0.25, 0.3) is 5.91 Å². The van der Waals surface area contributed by atoms with Crippen LogP contribution in [0, 0.1) is 0 Å². The molecule has 38 heavy (non-hydrogen) atoms. The highest BCUT2D eigenvalue weighted by Crippen LogP contribution is 2.36. The third kappa shape index (κ3) is 5.86. The Labute approximate surface area is 222 Å². The minimum Gasteiger partial charge on any atom is -0.497 e. The zero-order chi connectivity index (χ0) is 27.1. The monoisotopic (exact) mass is 517 g/mol. The van der Waals surface area contributed by atoms with Crippen LogP contribution in [0.5, 0.6) is 28.7 Å². The van der Waals surface area contributed by atoms with Crippen molar-refractivity contribution in [1.82, 2.24) is 5.32 Å². The van der Waals surface area contributed by atoms with Gasteiger partial charge in [-0.3, -0.25) is 4.79 Å². The molecule has 198 valence electrons. The molecule has 0 saturated carbocycles. The maximum Gasteiger partial charge on any atom is 0.287 e. The van der Waals surface area contributed by atoms with Crippen LogP contribution in [0.2, 0.25) is 0 Å². The molecule has 3 aromatic carbocycles. The van der Waals surface area contributed by atoms with Crippen LogP contribution in [0.1, 0.15) is 39.0 Å². The molecule has 0 unspecified atom stereocenters. The van der Waals surface area contributed by atoms with E-state index in [1.165, 1.54) is 0 Å². The van der Waals surface area contributed by atoms with Gasteiger partial charge in [-0.15, -0.1) is 0 Å². The third-order valence-electron chi connectivity index (χ3n) is 6.23. The third-order valence-corrected chi connectivity index (χ3v) is 6.23. The molecule has 4 rings (SSSR count). The number of carbonyl (C=O) groups excluding carboxylic acids is 1. The van der Waals surface area contributed by atoms with Gasteiger partial charge in [0.15, 0.2) is 5.76 Å². The van der Waals surface area contributed by atoms with Crippen molar-refractivity contribution in [3.05, 3.63) is 101 Å². The number of nitrogens with one attached hydrogen (secondary N) is 1. The largest absolute Gasteiger partial charge is 0.497 e. The van der Waals surface area contributed by atoms with Crippen molar-refractivity contribution in [2.45, 2.75) is 12.5 Å². The van der Waals surface area contributed by atoms with Crippen molar-refractivity contribution in [2.24, 2.45) is 0 Å². The molecule has 4 aromatic rings. The lowest BCUT2D eigenvalue weighted by Gasteiger charge is -2.20. The Morgan fingerprint density at radius 1 is 0.684 bits per heavy atom. The number of rotatable bonds is 11. The summed E-state index contributed by atoms with van der Waals surface area (Å²) in [6.07, 6.45) is 0.365. The molecule has 1 aromatic heterocycles. The van der Waals surface area contributed by atoms with E-state index in [1.807, 2.05) is 48.5 Å². The Balaban J connectivity index is 1.59. The summed E-state index contributed by atoms with van der Waals surface area (Å²) in [5.41, 5.74) is 2.57. The topological polar surface area (TPSA) is 88.4 Å². The highest BCUT2D eigenvalue weighted by molar-refractivity contribution is 5.92. The average Bonchev–Trinajstić information content (AvgIpc) is 3.44. The number of furan rings is 1. The fourth-order valence-electron chi connectivity index (χ4n) is 4.18. The second kappa shape index (κ2) is 12.1. The number of amides is 1. The van der Waals surface area contributed by atoms with Gasteiger partial charge in [0.2, 0.25) is 0 Å². The van der Waals surface area contributed by atoms with Crippen LogP contribution in [-0.4, -0.2) is 41.5 Å². The van der Waals surface area contributed by atoms with E-state index in [4.69, 9.17) is 28.1 Å².